The summed E-state index contributed by atoms with van der Waals surface area (Å²) in [6, 6.07) is 28.5. The molecule has 1 aliphatic heterocycles. The van der Waals surface area contributed by atoms with Crippen molar-refractivity contribution in [2.45, 2.75) is 30.6 Å². The van der Waals surface area contributed by atoms with Crippen LogP contribution < -0.4 is 14.2 Å². The Morgan fingerprint density at radius 1 is 0.674 bits per heavy atom. The van der Waals surface area contributed by atoms with E-state index in [4.69, 9.17) is 49.0 Å². The van der Waals surface area contributed by atoms with Gasteiger partial charge in [0.05, 0.1) is 18.1 Å². The molecule has 5 aromatic carbocycles. The van der Waals surface area contributed by atoms with E-state index in [0.29, 0.717) is 75.2 Å². The van der Waals surface area contributed by atoms with Crippen molar-refractivity contribution in [3.05, 3.63) is 146 Å². The Kier molecular flexibility index (Phi) is 9.50. The highest BCUT2D eigenvalue weighted by molar-refractivity contribution is 7.85. The van der Waals surface area contributed by atoms with Crippen LogP contribution in [0.15, 0.2) is 102 Å². The van der Waals surface area contributed by atoms with Crippen LogP contribution in [0.5, 0.6) is 23.0 Å². The molecule has 46 heavy (non-hydrogen) atoms. The zero-order valence-corrected chi connectivity index (χ0v) is 27.8. The molecule has 1 aliphatic rings. The fourth-order valence-electron chi connectivity index (χ4n) is 5.73. The van der Waals surface area contributed by atoms with Crippen molar-refractivity contribution in [2.75, 3.05) is 13.2 Å². The average Bonchev–Trinajstić information content (AvgIpc) is 3.02. The maximum absolute atomic E-state index is 12.5. The third-order valence-corrected chi connectivity index (χ3v) is 9.97. The Hall–Kier alpha value is -3.72. The van der Waals surface area contributed by atoms with Crippen molar-refractivity contribution >= 4 is 44.9 Å². The van der Waals surface area contributed by atoms with Gasteiger partial charge in [0, 0.05) is 57.1 Å². The van der Waals surface area contributed by atoms with Crippen LogP contribution in [0.2, 0.25) is 15.1 Å². The Bertz CT molecular complexity index is 1880. The van der Waals surface area contributed by atoms with Crippen LogP contribution in [0, 0.1) is 6.92 Å². The largest absolute Gasteiger partial charge is 0.493 e. The highest BCUT2D eigenvalue weighted by Gasteiger charge is 2.33. The number of hydrogen-bond acceptors (Lipinski definition) is 5. The second-order valence-corrected chi connectivity index (χ2v) is 13.5. The number of benzene rings is 5. The summed E-state index contributed by atoms with van der Waals surface area (Å²) in [6.07, 6.45) is 1.12. The molecule has 6 rings (SSSR count). The Labute approximate surface area is 283 Å². The highest BCUT2D eigenvalue weighted by Crippen LogP contribution is 2.50. The van der Waals surface area contributed by atoms with Gasteiger partial charge in [0.1, 0.15) is 23.0 Å². The summed E-state index contributed by atoms with van der Waals surface area (Å²) in [7, 11) is -4.52. The van der Waals surface area contributed by atoms with E-state index in [-0.39, 0.29) is 4.90 Å². The van der Waals surface area contributed by atoms with Gasteiger partial charge >= 0.3 is 0 Å². The van der Waals surface area contributed by atoms with Crippen LogP contribution >= 0.6 is 34.8 Å². The molecule has 10 heteroatoms. The summed E-state index contributed by atoms with van der Waals surface area (Å²) < 4.78 is 53.6. The molecule has 5 aromatic rings. The molecular formula is C36H29Cl3O6S. The van der Waals surface area contributed by atoms with Gasteiger partial charge in [-0.3, -0.25) is 4.55 Å². The van der Waals surface area contributed by atoms with Crippen LogP contribution in [0.1, 0.15) is 39.3 Å². The van der Waals surface area contributed by atoms with Crippen molar-refractivity contribution in [3.8, 4) is 23.0 Å². The molecule has 1 heterocycles. The van der Waals surface area contributed by atoms with Gasteiger partial charge in [-0.25, -0.2) is 0 Å². The molecule has 1 atom stereocenters. The van der Waals surface area contributed by atoms with E-state index in [1.165, 1.54) is 6.07 Å². The van der Waals surface area contributed by atoms with Gasteiger partial charge in [-0.1, -0.05) is 83.3 Å². The Morgan fingerprint density at radius 2 is 1.20 bits per heavy atom. The lowest BCUT2D eigenvalue weighted by molar-refractivity contribution is 0.317. The number of rotatable bonds is 10. The molecule has 0 spiro atoms. The SMILES string of the molecule is Cc1cccc(Cl)c1CCOc1ccc2c(c1)Oc1cc(OCCc3c(Cl)cccc3Cl)ccc1C2c1ccccc1S(=O)(=O)O. The molecule has 236 valence electrons. The van der Waals surface area contributed by atoms with Gasteiger partial charge in [0.2, 0.25) is 0 Å². The maximum atomic E-state index is 12.5. The predicted molar refractivity (Wildman–Crippen MR) is 181 cm³/mol. The molecule has 6 nitrogen and oxygen atoms in total. The first-order chi connectivity index (χ1) is 22.1. The molecule has 1 unspecified atom stereocenters. The summed E-state index contributed by atoms with van der Waals surface area (Å²) in [6.45, 7) is 2.72. The third kappa shape index (κ3) is 6.85. The van der Waals surface area contributed by atoms with Gasteiger partial charge in [-0.05, 0) is 65.6 Å². The smallest absolute Gasteiger partial charge is 0.294 e. The van der Waals surface area contributed by atoms with Crippen LogP contribution in [-0.4, -0.2) is 26.2 Å². The monoisotopic (exact) mass is 694 g/mol. The minimum absolute atomic E-state index is 0.175. The molecule has 0 saturated carbocycles. The number of fused-ring (bicyclic) bond motifs is 2. The number of aryl methyl sites for hydroxylation is 1. The molecular weight excluding hydrogens is 667 g/mol. The van der Waals surface area contributed by atoms with E-state index in [1.54, 1.807) is 54.6 Å². The molecule has 0 aliphatic carbocycles. The van der Waals surface area contributed by atoms with Crippen LogP contribution in [0.25, 0.3) is 0 Å². The Balaban J connectivity index is 1.31. The van der Waals surface area contributed by atoms with E-state index in [1.807, 2.05) is 43.3 Å². The fourth-order valence-corrected chi connectivity index (χ4v) is 7.37. The average molecular weight is 696 g/mol. The minimum Gasteiger partial charge on any atom is -0.493 e. The van der Waals surface area contributed by atoms with Crippen molar-refractivity contribution < 1.29 is 27.2 Å². The van der Waals surface area contributed by atoms with E-state index in [9.17, 15) is 13.0 Å². The number of hydrogen-bond donors (Lipinski definition) is 1. The summed E-state index contributed by atoms with van der Waals surface area (Å²) in [5, 5.41) is 1.84. The van der Waals surface area contributed by atoms with Crippen molar-refractivity contribution in [3.63, 3.8) is 0 Å². The van der Waals surface area contributed by atoms with Crippen molar-refractivity contribution in [2.24, 2.45) is 0 Å². The molecule has 1 N–H and O–H groups in total. The summed E-state index contributed by atoms with van der Waals surface area (Å²) >= 11 is 19.1. The predicted octanol–water partition coefficient (Wildman–Crippen LogP) is 9.73. The lowest BCUT2D eigenvalue weighted by Crippen LogP contribution is -2.15. The highest BCUT2D eigenvalue weighted by atomic mass is 35.5. The topological polar surface area (TPSA) is 82.1 Å². The normalized spacial score (nSPS) is 13.8. The lowest BCUT2D eigenvalue weighted by Gasteiger charge is -2.30. The van der Waals surface area contributed by atoms with E-state index in [2.05, 4.69) is 0 Å². The zero-order chi connectivity index (χ0) is 32.4. The lowest BCUT2D eigenvalue weighted by atomic mass is 9.82. The van der Waals surface area contributed by atoms with Crippen molar-refractivity contribution in [1.29, 1.82) is 0 Å². The first kappa shape index (κ1) is 32.2. The first-order valence-corrected chi connectivity index (χ1v) is 17.1. The minimum atomic E-state index is -4.52. The second kappa shape index (κ2) is 13.6. The van der Waals surface area contributed by atoms with E-state index < -0.39 is 16.0 Å². The third-order valence-electron chi connectivity index (χ3n) is 7.98. The van der Waals surface area contributed by atoms with Gasteiger partial charge in [0.25, 0.3) is 10.1 Å². The zero-order valence-electron chi connectivity index (χ0n) is 24.7. The second-order valence-electron chi connectivity index (χ2n) is 10.9. The quantitative estimate of drug-likeness (QED) is 0.144. The van der Waals surface area contributed by atoms with E-state index in [0.717, 1.165) is 22.3 Å². The summed E-state index contributed by atoms with van der Waals surface area (Å²) in [5.74, 6) is 1.55. The van der Waals surface area contributed by atoms with Gasteiger partial charge in [-0.2, -0.15) is 8.42 Å². The molecule has 0 saturated heterocycles. The van der Waals surface area contributed by atoms with Gasteiger partial charge < -0.3 is 14.2 Å². The molecule has 0 amide bonds. The van der Waals surface area contributed by atoms with Crippen molar-refractivity contribution in [1.82, 2.24) is 0 Å². The van der Waals surface area contributed by atoms with Gasteiger partial charge in [-0.15, -0.1) is 0 Å². The standard InChI is InChI=1S/C36H29Cl3O6S/c1-22-6-4-8-30(37)25(22)16-18-43-23-12-14-27-33(20-23)45-34-21-24(44-19-17-26-31(38)9-5-10-32(26)39)13-15-28(34)36(27)29-7-2-3-11-35(29)46(40,41)42/h2-15,20-21,36H,16-19H2,1H3,(H,40,41,42). The summed E-state index contributed by atoms with van der Waals surface area (Å²) in [5.41, 5.74) is 4.77. The number of ether oxygens (including phenoxy) is 3. The van der Waals surface area contributed by atoms with Gasteiger partial charge in [0.15, 0.2) is 0 Å². The fraction of sp³-hybridized carbons (Fsp3) is 0.167. The molecule has 0 bridgehead atoms. The first-order valence-electron chi connectivity index (χ1n) is 14.5. The molecule has 0 aromatic heterocycles. The van der Waals surface area contributed by atoms with Crippen LogP contribution in [0.3, 0.4) is 0 Å². The number of halogens is 3. The maximum Gasteiger partial charge on any atom is 0.294 e. The van der Waals surface area contributed by atoms with Crippen LogP contribution in [0.4, 0.5) is 0 Å². The van der Waals surface area contributed by atoms with Crippen LogP contribution in [-0.2, 0) is 23.0 Å². The van der Waals surface area contributed by atoms with E-state index >= 15 is 0 Å². The Morgan fingerprint density at radius 3 is 1.76 bits per heavy atom. The molecule has 0 fully saturated rings. The summed E-state index contributed by atoms with van der Waals surface area (Å²) in [4.78, 5) is -0.175. The molecule has 0 radical (unpaired) electrons.